The van der Waals surface area contributed by atoms with E-state index >= 15 is 0 Å². The number of carbonyl (C=O) groups excluding carboxylic acids is 1. The maximum Gasteiger partial charge on any atom is 0.410 e. The minimum absolute atomic E-state index is 0.0646. The Kier molecular flexibility index (Phi) is 6.72. The number of nitrogens with two attached hydrogens (primary N) is 1. The van der Waals surface area contributed by atoms with E-state index in [4.69, 9.17) is 20.0 Å². The number of amides is 1. The molecule has 1 fully saturated rings. The Balaban J connectivity index is 2.08. The molecule has 1 amide bonds. The molecular weight excluding hydrogens is 417 g/mol. The lowest BCUT2D eigenvalue weighted by molar-refractivity contribution is -0.0229. The van der Waals surface area contributed by atoms with Gasteiger partial charge in [-0.15, -0.1) is 0 Å². The molecule has 0 radical (unpaired) electrons. The number of likely N-dealkylation sites (tertiary alicyclic amines) is 1. The maximum absolute atomic E-state index is 14.1. The summed E-state index contributed by atoms with van der Waals surface area (Å²) in [5.74, 6) is -0.722. The van der Waals surface area contributed by atoms with Crippen molar-refractivity contribution in [1.29, 1.82) is 5.41 Å². The zero-order chi connectivity index (χ0) is 22.9. The zero-order valence-corrected chi connectivity index (χ0v) is 18.3. The van der Waals surface area contributed by atoms with Gasteiger partial charge in [0.25, 0.3) is 0 Å². The lowest BCUT2D eigenvalue weighted by atomic mass is 10.1. The minimum atomic E-state index is -4.13. The minimum Gasteiger partial charge on any atom is -0.483 e. The van der Waals surface area contributed by atoms with Crippen LogP contribution in [0.3, 0.4) is 0 Å². The van der Waals surface area contributed by atoms with Crippen molar-refractivity contribution in [3.8, 4) is 5.75 Å². The van der Waals surface area contributed by atoms with Crippen molar-refractivity contribution in [2.24, 2.45) is 5.14 Å². The summed E-state index contributed by atoms with van der Waals surface area (Å²) < 4.78 is 48.3. The van der Waals surface area contributed by atoms with Crippen LogP contribution in [0.15, 0.2) is 22.9 Å². The van der Waals surface area contributed by atoms with E-state index in [0.29, 0.717) is 0 Å². The second kappa shape index (κ2) is 8.56. The number of hydrogen-bond acceptors (Lipinski definition) is 8. The van der Waals surface area contributed by atoms with E-state index in [1.165, 1.54) is 24.8 Å². The highest BCUT2D eigenvalue weighted by Crippen LogP contribution is 2.25. The number of rotatable bonds is 6. The van der Waals surface area contributed by atoms with Crippen molar-refractivity contribution in [1.82, 2.24) is 9.88 Å². The predicted molar refractivity (Wildman–Crippen MR) is 109 cm³/mol. The molecule has 0 spiro atoms. The van der Waals surface area contributed by atoms with E-state index in [1.54, 1.807) is 20.8 Å². The number of hydrogen-bond donors (Lipinski definition) is 3. The third kappa shape index (κ3) is 6.13. The number of primary sulfonamides is 1. The lowest BCUT2D eigenvalue weighted by Crippen LogP contribution is -2.57. The highest BCUT2D eigenvalue weighted by atomic mass is 32.2. The van der Waals surface area contributed by atoms with Gasteiger partial charge in [-0.1, -0.05) is 0 Å². The number of anilines is 1. The molecule has 166 valence electrons. The zero-order valence-electron chi connectivity index (χ0n) is 17.4. The number of ether oxygens (including phenoxy) is 2. The first-order chi connectivity index (χ1) is 13.7. The van der Waals surface area contributed by atoms with E-state index < -0.39 is 33.6 Å². The highest BCUT2D eigenvalue weighted by Gasteiger charge is 2.35. The van der Waals surface area contributed by atoms with Crippen LogP contribution < -0.4 is 15.2 Å². The van der Waals surface area contributed by atoms with Gasteiger partial charge in [-0.05, 0) is 34.6 Å². The molecule has 1 aromatic heterocycles. The van der Waals surface area contributed by atoms with E-state index in [-0.39, 0.29) is 41.0 Å². The summed E-state index contributed by atoms with van der Waals surface area (Å²) in [7, 11) is -4.13. The predicted octanol–water partition coefficient (Wildman–Crippen LogP) is 2.19. The van der Waals surface area contributed by atoms with Crippen LogP contribution in [-0.2, 0) is 14.8 Å². The summed E-state index contributed by atoms with van der Waals surface area (Å²) in [6, 6.07) is 1.26. The number of allylic oxidation sites excluding steroid dienone is 2. The second-order valence-corrected chi connectivity index (χ2v) is 9.37. The van der Waals surface area contributed by atoms with Crippen LogP contribution in [0.2, 0.25) is 0 Å². The highest BCUT2D eigenvalue weighted by molar-refractivity contribution is 7.94. The van der Waals surface area contributed by atoms with Gasteiger partial charge in [0, 0.05) is 11.8 Å². The molecule has 2 heterocycles. The summed E-state index contributed by atoms with van der Waals surface area (Å²) in [5, 5.41) is 15.4. The fraction of sp³-hybridized carbons (Fsp3) is 0.500. The van der Waals surface area contributed by atoms with Crippen LogP contribution in [0, 0.1) is 11.2 Å². The van der Waals surface area contributed by atoms with Gasteiger partial charge in [-0.2, -0.15) is 0 Å². The van der Waals surface area contributed by atoms with Crippen LogP contribution in [-0.4, -0.2) is 54.9 Å². The van der Waals surface area contributed by atoms with Crippen molar-refractivity contribution in [3.63, 3.8) is 0 Å². The number of aromatic nitrogens is 1. The second-order valence-electron chi connectivity index (χ2n) is 7.87. The average molecular weight is 444 g/mol. The summed E-state index contributed by atoms with van der Waals surface area (Å²) in [6.07, 6.45) is 0.0178. The summed E-state index contributed by atoms with van der Waals surface area (Å²) in [6.45, 7) is 8.45. The number of nitrogens with one attached hydrogen (secondary N) is 2. The Morgan fingerprint density at radius 3 is 2.47 bits per heavy atom. The van der Waals surface area contributed by atoms with Crippen molar-refractivity contribution < 1.29 is 27.1 Å². The summed E-state index contributed by atoms with van der Waals surface area (Å²) >= 11 is 0. The smallest absolute Gasteiger partial charge is 0.410 e. The van der Waals surface area contributed by atoms with E-state index in [9.17, 15) is 17.6 Å². The quantitative estimate of drug-likeness (QED) is 0.571. The van der Waals surface area contributed by atoms with Gasteiger partial charge >= 0.3 is 6.09 Å². The third-order valence-electron chi connectivity index (χ3n) is 3.89. The van der Waals surface area contributed by atoms with Gasteiger partial charge < -0.3 is 25.1 Å². The van der Waals surface area contributed by atoms with Crippen LogP contribution >= 0.6 is 0 Å². The SMILES string of the molecule is CC(=N)/C(=C(/C)Nc1cc(OC2CN(C(=O)OC(C)(C)C)C2)c(F)cn1)S(N)(=O)=O. The third-order valence-corrected chi connectivity index (χ3v) is 5.08. The van der Waals surface area contributed by atoms with Gasteiger partial charge in [-0.3, -0.25) is 0 Å². The Hall–Kier alpha value is -2.73. The molecule has 2 rings (SSSR count). The Morgan fingerprint density at radius 1 is 1.37 bits per heavy atom. The van der Waals surface area contributed by atoms with Gasteiger partial charge in [0.2, 0.25) is 10.0 Å². The molecule has 30 heavy (non-hydrogen) atoms. The standard InChI is InChI=1S/C18H26FN5O5S/c1-10(20)16(30(21,26)27)11(2)23-15-6-14(13(19)7-22-15)28-12-8-24(9-12)17(25)29-18(3,4)5/h6-7,12,20H,8-9H2,1-5H3,(H,22,23)(H2,21,26,27)/b16-11+,20-10?. The molecule has 0 aromatic carbocycles. The molecule has 1 aliphatic rings. The van der Waals surface area contributed by atoms with Crippen molar-refractivity contribution in [2.75, 3.05) is 18.4 Å². The van der Waals surface area contributed by atoms with Gasteiger partial charge in [0.15, 0.2) is 11.6 Å². The van der Waals surface area contributed by atoms with Crippen molar-refractivity contribution in [2.45, 2.75) is 46.3 Å². The summed E-state index contributed by atoms with van der Waals surface area (Å²) in [5.41, 5.74) is -0.802. The first-order valence-corrected chi connectivity index (χ1v) is 10.6. The molecule has 10 nitrogen and oxygen atoms in total. The van der Waals surface area contributed by atoms with E-state index in [0.717, 1.165) is 6.20 Å². The Morgan fingerprint density at radius 2 is 1.97 bits per heavy atom. The number of nitrogens with zero attached hydrogens (tertiary/aromatic N) is 2. The fourth-order valence-electron chi connectivity index (χ4n) is 2.70. The Bertz CT molecular complexity index is 981. The number of carbonyl (C=O) groups is 1. The van der Waals surface area contributed by atoms with E-state index in [2.05, 4.69) is 10.3 Å². The van der Waals surface area contributed by atoms with Gasteiger partial charge in [-0.25, -0.2) is 27.7 Å². The molecule has 0 bridgehead atoms. The molecule has 1 aromatic rings. The Labute approximate surface area is 174 Å². The molecule has 0 atom stereocenters. The normalized spacial score (nSPS) is 15.8. The molecule has 12 heteroatoms. The van der Waals surface area contributed by atoms with Crippen LogP contribution in [0.4, 0.5) is 15.0 Å². The molecule has 1 saturated heterocycles. The van der Waals surface area contributed by atoms with Crippen molar-refractivity contribution in [3.05, 3.63) is 28.7 Å². The van der Waals surface area contributed by atoms with Crippen LogP contribution in [0.1, 0.15) is 34.6 Å². The molecular formula is C18H26FN5O5S. The molecule has 1 aliphatic heterocycles. The molecule has 0 saturated carbocycles. The first kappa shape index (κ1) is 23.5. The molecule has 4 N–H and O–H groups in total. The molecule has 0 unspecified atom stereocenters. The largest absolute Gasteiger partial charge is 0.483 e. The average Bonchev–Trinajstić information content (AvgIpc) is 2.49. The van der Waals surface area contributed by atoms with Crippen LogP contribution in [0.25, 0.3) is 0 Å². The van der Waals surface area contributed by atoms with Crippen LogP contribution in [0.5, 0.6) is 5.75 Å². The molecule has 0 aliphatic carbocycles. The first-order valence-electron chi connectivity index (χ1n) is 9.03. The van der Waals surface area contributed by atoms with Crippen molar-refractivity contribution >= 4 is 27.6 Å². The summed E-state index contributed by atoms with van der Waals surface area (Å²) in [4.78, 5) is 16.9. The van der Waals surface area contributed by atoms with E-state index in [1.807, 2.05) is 0 Å². The number of halogens is 1. The maximum atomic E-state index is 14.1. The monoisotopic (exact) mass is 443 g/mol. The number of pyridine rings is 1. The van der Waals surface area contributed by atoms with Gasteiger partial charge in [0.1, 0.15) is 22.4 Å². The number of sulfonamides is 1. The van der Waals surface area contributed by atoms with Gasteiger partial charge in [0.05, 0.1) is 25.0 Å². The fourth-order valence-corrected chi connectivity index (χ4v) is 3.61. The topological polar surface area (TPSA) is 148 Å². The lowest BCUT2D eigenvalue weighted by Gasteiger charge is -2.39.